The first-order valence-electron chi connectivity index (χ1n) is 8.10. The van der Waals surface area contributed by atoms with Crippen LogP contribution < -0.4 is 14.8 Å². The highest BCUT2D eigenvalue weighted by atomic mass is 35.5. The van der Waals surface area contributed by atoms with Gasteiger partial charge in [-0.05, 0) is 36.4 Å². The first-order chi connectivity index (χ1) is 13.7. The zero-order valence-corrected chi connectivity index (χ0v) is 15.9. The van der Waals surface area contributed by atoms with Gasteiger partial charge in [0.05, 0.1) is 30.5 Å². The van der Waals surface area contributed by atoms with Gasteiger partial charge in [-0.25, -0.2) is 0 Å². The van der Waals surface area contributed by atoms with Crippen LogP contribution in [0.15, 0.2) is 47.0 Å². The molecular formula is C19H14ClF3N2O4. The van der Waals surface area contributed by atoms with Gasteiger partial charge in [0.1, 0.15) is 0 Å². The number of aromatic nitrogens is 1. The minimum atomic E-state index is -4.57. The minimum Gasteiger partial charge on any atom is -0.493 e. The second kappa shape index (κ2) is 8.04. The number of nitrogens with zero attached hydrogens (tertiary/aromatic N) is 1. The van der Waals surface area contributed by atoms with Gasteiger partial charge in [0.2, 0.25) is 0 Å². The van der Waals surface area contributed by atoms with E-state index in [9.17, 15) is 18.0 Å². The summed E-state index contributed by atoms with van der Waals surface area (Å²) in [6.07, 6.45) is -4.57. The second-order valence-electron chi connectivity index (χ2n) is 5.79. The fourth-order valence-corrected chi connectivity index (χ4v) is 2.66. The molecule has 10 heteroatoms. The molecule has 0 saturated carbocycles. The molecular weight excluding hydrogens is 413 g/mol. The van der Waals surface area contributed by atoms with Crippen LogP contribution in [0.2, 0.25) is 5.02 Å². The SMILES string of the molecule is COc1ccc(-c2cc(C(=O)Nc3cc(C(F)(F)F)ccc3Cl)no2)cc1OC. The van der Waals surface area contributed by atoms with Crippen molar-refractivity contribution in [3.63, 3.8) is 0 Å². The molecule has 6 nitrogen and oxygen atoms in total. The third-order valence-corrected chi connectivity index (χ3v) is 4.28. The molecule has 1 amide bonds. The van der Waals surface area contributed by atoms with Crippen LogP contribution in [-0.4, -0.2) is 25.3 Å². The number of nitrogens with one attached hydrogen (secondary N) is 1. The van der Waals surface area contributed by atoms with Gasteiger partial charge in [0.15, 0.2) is 23.0 Å². The summed E-state index contributed by atoms with van der Waals surface area (Å²) in [5, 5.41) is 5.92. The predicted octanol–water partition coefficient (Wildman–Crippen LogP) is 5.28. The van der Waals surface area contributed by atoms with E-state index in [1.807, 2.05) is 0 Å². The van der Waals surface area contributed by atoms with Gasteiger partial charge in [-0.2, -0.15) is 13.2 Å². The van der Waals surface area contributed by atoms with Gasteiger partial charge in [-0.15, -0.1) is 0 Å². The first kappa shape index (κ1) is 20.5. The van der Waals surface area contributed by atoms with E-state index in [1.165, 1.54) is 20.3 Å². The normalized spacial score (nSPS) is 11.2. The average Bonchev–Trinajstić information content (AvgIpc) is 3.18. The van der Waals surface area contributed by atoms with Crippen LogP contribution in [0, 0.1) is 0 Å². The molecule has 0 aliphatic rings. The molecule has 1 heterocycles. The third kappa shape index (κ3) is 4.45. The zero-order valence-electron chi connectivity index (χ0n) is 15.1. The highest BCUT2D eigenvalue weighted by molar-refractivity contribution is 6.33. The number of ether oxygens (including phenoxy) is 2. The molecule has 1 N–H and O–H groups in total. The molecule has 152 valence electrons. The van der Waals surface area contributed by atoms with E-state index in [2.05, 4.69) is 10.5 Å². The molecule has 0 spiro atoms. The van der Waals surface area contributed by atoms with Crippen molar-refractivity contribution in [1.29, 1.82) is 0 Å². The molecule has 3 aromatic rings. The van der Waals surface area contributed by atoms with Crippen molar-refractivity contribution in [3.8, 4) is 22.8 Å². The van der Waals surface area contributed by atoms with E-state index in [4.69, 9.17) is 25.6 Å². The molecule has 0 radical (unpaired) electrons. The standard InChI is InChI=1S/C19H14ClF3N2O4/c1-27-15-6-3-10(7-17(15)28-2)16-9-14(25-29-16)18(26)24-13-8-11(19(21,22)23)4-5-12(13)20/h3-9H,1-2H3,(H,24,26). The Balaban J connectivity index is 1.84. The van der Waals surface area contributed by atoms with Gasteiger partial charge in [0, 0.05) is 11.6 Å². The molecule has 29 heavy (non-hydrogen) atoms. The second-order valence-corrected chi connectivity index (χ2v) is 6.20. The van der Waals surface area contributed by atoms with Crippen LogP contribution in [0.5, 0.6) is 11.5 Å². The van der Waals surface area contributed by atoms with Crippen molar-refractivity contribution >= 4 is 23.2 Å². The van der Waals surface area contributed by atoms with E-state index >= 15 is 0 Å². The fourth-order valence-electron chi connectivity index (χ4n) is 2.49. The lowest BCUT2D eigenvalue weighted by molar-refractivity contribution is -0.137. The highest BCUT2D eigenvalue weighted by Crippen LogP contribution is 2.35. The van der Waals surface area contributed by atoms with Gasteiger partial charge < -0.3 is 19.3 Å². The summed E-state index contributed by atoms with van der Waals surface area (Å²) in [6, 6.07) is 8.92. The lowest BCUT2D eigenvalue weighted by atomic mass is 10.1. The summed E-state index contributed by atoms with van der Waals surface area (Å²) < 4.78 is 54.1. The maximum Gasteiger partial charge on any atom is 0.416 e. The number of rotatable bonds is 5. The summed E-state index contributed by atoms with van der Waals surface area (Å²) in [5.74, 6) is 0.434. The smallest absolute Gasteiger partial charge is 0.416 e. The van der Waals surface area contributed by atoms with E-state index in [-0.39, 0.29) is 22.2 Å². The molecule has 0 aliphatic carbocycles. The summed E-state index contributed by atoms with van der Waals surface area (Å²) >= 11 is 5.89. The van der Waals surface area contributed by atoms with Crippen molar-refractivity contribution < 1.29 is 32.0 Å². The van der Waals surface area contributed by atoms with E-state index in [1.54, 1.807) is 18.2 Å². The van der Waals surface area contributed by atoms with Gasteiger partial charge in [-0.1, -0.05) is 16.8 Å². The largest absolute Gasteiger partial charge is 0.493 e. The molecule has 0 unspecified atom stereocenters. The number of carbonyl (C=O) groups is 1. The first-order valence-corrected chi connectivity index (χ1v) is 8.48. The van der Waals surface area contributed by atoms with Crippen LogP contribution >= 0.6 is 11.6 Å². The van der Waals surface area contributed by atoms with Crippen LogP contribution in [0.3, 0.4) is 0 Å². The van der Waals surface area contributed by atoms with Gasteiger partial charge in [-0.3, -0.25) is 4.79 Å². The number of alkyl halides is 3. The number of methoxy groups -OCH3 is 2. The van der Waals surface area contributed by atoms with Crippen LogP contribution in [0.4, 0.5) is 18.9 Å². The van der Waals surface area contributed by atoms with Crippen molar-refractivity contribution in [1.82, 2.24) is 5.16 Å². The average molecular weight is 427 g/mol. The quantitative estimate of drug-likeness (QED) is 0.600. The number of anilines is 1. The Kier molecular flexibility index (Phi) is 5.69. The number of halogens is 4. The summed E-state index contributed by atoms with van der Waals surface area (Å²) in [5.41, 5.74) is -0.708. The Labute approximate surface area is 168 Å². The monoisotopic (exact) mass is 426 g/mol. The van der Waals surface area contributed by atoms with Crippen molar-refractivity contribution in [2.24, 2.45) is 0 Å². The number of amides is 1. The number of hydrogen-bond acceptors (Lipinski definition) is 5. The zero-order chi connectivity index (χ0) is 21.2. The number of hydrogen-bond donors (Lipinski definition) is 1. The Bertz CT molecular complexity index is 1050. The minimum absolute atomic E-state index is 0.0463. The summed E-state index contributed by atoms with van der Waals surface area (Å²) in [4.78, 5) is 12.4. The number of benzene rings is 2. The molecule has 0 aliphatic heterocycles. The Morgan fingerprint density at radius 3 is 2.45 bits per heavy atom. The molecule has 3 rings (SSSR count). The molecule has 1 aromatic heterocycles. The lowest BCUT2D eigenvalue weighted by Gasteiger charge is -2.10. The van der Waals surface area contributed by atoms with Gasteiger partial charge >= 0.3 is 6.18 Å². The Morgan fingerprint density at radius 1 is 1.07 bits per heavy atom. The topological polar surface area (TPSA) is 73.6 Å². The van der Waals surface area contributed by atoms with E-state index in [0.717, 1.165) is 18.2 Å². The summed E-state index contributed by atoms with van der Waals surface area (Å²) in [6.45, 7) is 0. The highest BCUT2D eigenvalue weighted by Gasteiger charge is 2.31. The molecule has 0 atom stereocenters. The fraction of sp³-hybridized carbons (Fsp3) is 0.158. The van der Waals surface area contributed by atoms with Crippen LogP contribution in [0.25, 0.3) is 11.3 Å². The van der Waals surface area contributed by atoms with Crippen molar-refractivity contribution in [3.05, 3.63) is 58.7 Å². The Morgan fingerprint density at radius 2 is 1.79 bits per heavy atom. The lowest BCUT2D eigenvalue weighted by Crippen LogP contribution is -2.14. The van der Waals surface area contributed by atoms with E-state index in [0.29, 0.717) is 17.1 Å². The van der Waals surface area contributed by atoms with Crippen LogP contribution in [-0.2, 0) is 6.18 Å². The van der Waals surface area contributed by atoms with Gasteiger partial charge in [0.25, 0.3) is 5.91 Å². The molecule has 0 fully saturated rings. The van der Waals surface area contributed by atoms with Crippen molar-refractivity contribution in [2.75, 3.05) is 19.5 Å². The molecule has 0 saturated heterocycles. The number of carbonyl (C=O) groups excluding carboxylic acids is 1. The molecule has 2 aromatic carbocycles. The van der Waals surface area contributed by atoms with Crippen LogP contribution in [0.1, 0.15) is 16.1 Å². The Hall–Kier alpha value is -3.20. The van der Waals surface area contributed by atoms with Crippen molar-refractivity contribution in [2.45, 2.75) is 6.18 Å². The maximum absolute atomic E-state index is 12.9. The van der Waals surface area contributed by atoms with E-state index < -0.39 is 17.6 Å². The molecule has 0 bridgehead atoms. The summed E-state index contributed by atoms with van der Waals surface area (Å²) in [7, 11) is 2.97. The predicted molar refractivity (Wildman–Crippen MR) is 99.5 cm³/mol. The maximum atomic E-state index is 12.9. The third-order valence-electron chi connectivity index (χ3n) is 3.95.